The Morgan fingerprint density at radius 2 is 2.32 bits per heavy atom. The van der Waals surface area contributed by atoms with Gasteiger partial charge in [-0.2, -0.15) is 10.4 Å². The van der Waals surface area contributed by atoms with Crippen LogP contribution in [0.25, 0.3) is 0 Å². The Morgan fingerprint density at radius 3 is 3.05 bits per heavy atom. The lowest BCUT2D eigenvalue weighted by atomic mass is 10.2. The van der Waals surface area contributed by atoms with E-state index in [-0.39, 0.29) is 0 Å². The molecular weight excluding hydrogens is 262 g/mol. The number of halogens is 1. The summed E-state index contributed by atoms with van der Waals surface area (Å²) in [6, 6.07) is 7.26. The molecule has 1 aromatic carbocycles. The molecule has 0 amide bonds. The quantitative estimate of drug-likeness (QED) is 0.911. The minimum Gasteiger partial charge on any atom is -0.377 e. The molecule has 1 aromatic heterocycles. The molecule has 0 aliphatic carbocycles. The first-order chi connectivity index (χ1) is 9.24. The van der Waals surface area contributed by atoms with Gasteiger partial charge in [-0.1, -0.05) is 18.5 Å². The summed E-state index contributed by atoms with van der Waals surface area (Å²) in [5.41, 5.74) is 1.27. The summed E-state index contributed by atoms with van der Waals surface area (Å²) in [6.45, 7) is 3.43. The first kappa shape index (κ1) is 13.4. The van der Waals surface area contributed by atoms with Gasteiger partial charge in [-0.3, -0.25) is 0 Å². The Kier molecular flexibility index (Phi) is 4.37. The normalized spacial score (nSPS) is 10.2. The average molecular weight is 276 g/mol. The van der Waals surface area contributed by atoms with Crippen LogP contribution in [0.4, 0.5) is 5.69 Å². The molecule has 0 aliphatic rings. The number of benzene rings is 1. The number of aromatic nitrogens is 3. The molecular formula is C13H14ClN5. The standard InChI is InChI=1S/C13H14ClN5/c1-2-5-19-13(17-9-18-19)8-16-12-6-11(14)4-3-10(12)7-15/h3-4,6,9,16H,2,5,8H2,1H3. The molecule has 98 valence electrons. The maximum absolute atomic E-state index is 9.04. The summed E-state index contributed by atoms with van der Waals surface area (Å²) in [5, 5.41) is 17.0. The van der Waals surface area contributed by atoms with Crippen molar-refractivity contribution in [1.29, 1.82) is 5.26 Å². The molecule has 0 fully saturated rings. The number of hydrogen-bond donors (Lipinski definition) is 1. The predicted molar refractivity (Wildman–Crippen MR) is 73.8 cm³/mol. The molecule has 2 rings (SSSR count). The lowest BCUT2D eigenvalue weighted by molar-refractivity contribution is 0.574. The van der Waals surface area contributed by atoms with Gasteiger partial charge in [0.25, 0.3) is 0 Å². The van der Waals surface area contributed by atoms with E-state index in [1.165, 1.54) is 6.33 Å². The predicted octanol–water partition coefficient (Wildman–Crippen LogP) is 2.83. The number of hydrogen-bond acceptors (Lipinski definition) is 4. The van der Waals surface area contributed by atoms with E-state index in [2.05, 4.69) is 28.4 Å². The highest BCUT2D eigenvalue weighted by Crippen LogP contribution is 2.20. The van der Waals surface area contributed by atoms with E-state index in [4.69, 9.17) is 16.9 Å². The number of aryl methyl sites for hydroxylation is 1. The molecule has 0 bridgehead atoms. The van der Waals surface area contributed by atoms with Crippen molar-refractivity contribution in [2.24, 2.45) is 0 Å². The summed E-state index contributed by atoms with van der Waals surface area (Å²) >= 11 is 5.93. The first-order valence-electron chi connectivity index (χ1n) is 6.04. The third kappa shape index (κ3) is 3.24. The summed E-state index contributed by atoms with van der Waals surface area (Å²) in [4.78, 5) is 4.20. The topological polar surface area (TPSA) is 66.5 Å². The first-order valence-corrected chi connectivity index (χ1v) is 6.42. The Bertz CT molecular complexity index is 599. The third-order valence-electron chi connectivity index (χ3n) is 2.67. The van der Waals surface area contributed by atoms with Gasteiger partial charge in [-0.15, -0.1) is 0 Å². The lowest BCUT2D eigenvalue weighted by Gasteiger charge is -2.09. The van der Waals surface area contributed by atoms with Crippen molar-refractivity contribution in [2.75, 3.05) is 5.32 Å². The molecule has 5 nitrogen and oxygen atoms in total. The van der Waals surface area contributed by atoms with E-state index < -0.39 is 0 Å². The number of nitriles is 1. The van der Waals surface area contributed by atoms with E-state index >= 15 is 0 Å². The molecule has 0 saturated carbocycles. The summed E-state index contributed by atoms with van der Waals surface area (Å²) < 4.78 is 1.85. The van der Waals surface area contributed by atoms with E-state index in [1.54, 1.807) is 18.2 Å². The molecule has 1 heterocycles. The summed E-state index contributed by atoms with van der Waals surface area (Å²) in [7, 11) is 0. The van der Waals surface area contributed by atoms with Gasteiger partial charge in [0.2, 0.25) is 0 Å². The van der Waals surface area contributed by atoms with Crippen LogP contribution in [0.1, 0.15) is 24.7 Å². The SMILES string of the molecule is CCCn1ncnc1CNc1cc(Cl)ccc1C#N. The molecule has 0 radical (unpaired) electrons. The smallest absolute Gasteiger partial charge is 0.146 e. The Morgan fingerprint density at radius 1 is 1.47 bits per heavy atom. The van der Waals surface area contributed by atoms with Crippen LogP contribution in [0.5, 0.6) is 0 Å². The van der Waals surface area contributed by atoms with Crippen LogP contribution in [0, 0.1) is 11.3 Å². The zero-order valence-electron chi connectivity index (χ0n) is 10.6. The second kappa shape index (κ2) is 6.21. The largest absolute Gasteiger partial charge is 0.377 e. The molecule has 6 heteroatoms. The number of nitrogens with one attached hydrogen (secondary N) is 1. The van der Waals surface area contributed by atoms with Gasteiger partial charge < -0.3 is 5.32 Å². The van der Waals surface area contributed by atoms with Crippen LogP contribution in [-0.2, 0) is 13.1 Å². The number of rotatable bonds is 5. The van der Waals surface area contributed by atoms with Gasteiger partial charge >= 0.3 is 0 Å². The van der Waals surface area contributed by atoms with Crippen LogP contribution in [0.2, 0.25) is 5.02 Å². The summed E-state index contributed by atoms with van der Waals surface area (Å²) in [5.74, 6) is 0.839. The van der Waals surface area contributed by atoms with Crippen molar-refractivity contribution in [1.82, 2.24) is 14.8 Å². The van der Waals surface area contributed by atoms with Gasteiger partial charge in [-0.25, -0.2) is 9.67 Å². The maximum Gasteiger partial charge on any atom is 0.146 e. The number of nitrogens with zero attached hydrogens (tertiary/aromatic N) is 4. The Hall–Kier alpha value is -2.06. The minimum absolute atomic E-state index is 0.509. The third-order valence-corrected chi connectivity index (χ3v) is 2.91. The van der Waals surface area contributed by atoms with E-state index in [9.17, 15) is 0 Å². The van der Waals surface area contributed by atoms with Crippen LogP contribution < -0.4 is 5.32 Å². The Labute approximate surface area is 116 Å². The van der Waals surface area contributed by atoms with E-state index in [0.29, 0.717) is 22.8 Å². The van der Waals surface area contributed by atoms with Crippen molar-refractivity contribution in [3.05, 3.63) is 40.9 Å². The fraction of sp³-hybridized carbons (Fsp3) is 0.308. The monoisotopic (exact) mass is 275 g/mol. The minimum atomic E-state index is 0.509. The van der Waals surface area contributed by atoms with Crippen molar-refractivity contribution >= 4 is 17.3 Å². The maximum atomic E-state index is 9.04. The van der Waals surface area contributed by atoms with Gasteiger partial charge in [0.15, 0.2) is 0 Å². The van der Waals surface area contributed by atoms with Crippen molar-refractivity contribution < 1.29 is 0 Å². The van der Waals surface area contributed by atoms with Crippen molar-refractivity contribution in [2.45, 2.75) is 26.4 Å². The molecule has 0 atom stereocenters. The number of anilines is 1. The Balaban J connectivity index is 2.12. The molecule has 1 N–H and O–H groups in total. The van der Waals surface area contributed by atoms with Crippen LogP contribution in [0.3, 0.4) is 0 Å². The molecule has 0 unspecified atom stereocenters. The van der Waals surface area contributed by atoms with Crippen LogP contribution in [0.15, 0.2) is 24.5 Å². The molecule has 0 saturated heterocycles. The fourth-order valence-corrected chi connectivity index (χ4v) is 1.93. The van der Waals surface area contributed by atoms with Gasteiger partial charge in [0.05, 0.1) is 17.8 Å². The second-order valence-corrected chi connectivity index (χ2v) is 4.49. The summed E-state index contributed by atoms with van der Waals surface area (Å²) in [6.07, 6.45) is 2.53. The van der Waals surface area contributed by atoms with Gasteiger partial charge in [-0.05, 0) is 24.6 Å². The highest BCUT2D eigenvalue weighted by Gasteiger charge is 2.06. The molecule has 0 aliphatic heterocycles. The van der Waals surface area contributed by atoms with Crippen LogP contribution >= 0.6 is 11.6 Å². The van der Waals surface area contributed by atoms with E-state index in [0.717, 1.165) is 18.8 Å². The van der Waals surface area contributed by atoms with Crippen molar-refractivity contribution in [3.8, 4) is 6.07 Å². The zero-order valence-corrected chi connectivity index (χ0v) is 11.4. The lowest BCUT2D eigenvalue weighted by Crippen LogP contribution is -2.10. The molecule has 2 aromatic rings. The van der Waals surface area contributed by atoms with Crippen molar-refractivity contribution in [3.63, 3.8) is 0 Å². The van der Waals surface area contributed by atoms with Gasteiger partial charge in [0, 0.05) is 11.6 Å². The molecule has 0 spiro atoms. The fourth-order valence-electron chi connectivity index (χ4n) is 1.76. The highest BCUT2D eigenvalue weighted by molar-refractivity contribution is 6.30. The highest BCUT2D eigenvalue weighted by atomic mass is 35.5. The van der Waals surface area contributed by atoms with Crippen LogP contribution in [-0.4, -0.2) is 14.8 Å². The van der Waals surface area contributed by atoms with Gasteiger partial charge in [0.1, 0.15) is 18.2 Å². The zero-order chi connectivity index (χ0) is 13.7. The van der Waals surface area contributed by atoms with E-state index in [1.807, 2.05) is 4.68 Å². The average Bonchev–Trinajstić information content (AvgIpc) is 2.84. The molecule has 19 heavy (non-hydrogen) atoms. The second-order valence-electron chi connectivity index (χ2n) is 4.05.